The highest BCUT2D eigenvalue weighted by atomic mass is 32.1. The van der Waals surface area contributed by atoms with Gasteiger partial charge in [0.2, 0.25) is 0 Å². The van der Waals surface area contributed by atoms with Gasteiger partial charge in [-0.1, -0.05) is 23.5 Å². The predicted molar refractivity (Wildman–Crippen MR) is 62.4 cm³/mol. The Labute approximate surface area is 93.5 Å². The molecule has 0 atom stereocenters. The fourth-order valence-electron chi connectivity index (χ4n) is 1.58. The lowest BCUT2D eigenvalue weighted by Gasteiger charge is -1.96. The van der Waals surface area contributed by atoms with Crippen molar-refractivity contribution in [2.24, 2.45) is 0 Å². The Kier molecular flexibility index (Phi) is 1.84. The van der Waals surface area contributed by atoms with Crippen molar-refractivity contribution in [1.82, 2.24) is 10.2 Å². The smallest absolute Gasteiger partial charge is 0.396 e. The zero-order valence-corrected chi connectivity index (χ0v) is 8.88. The number of fused-ring (bicyclic) bond motifs is 1. The lowest BCUT2D eigenvalue weighted by molar-refractivity contribution is 0.585. The Morgan fingerprint density at radius 3 is 3.06 bits per heavy atom. The van der Waals surface area contributed by atoms with E-state index in [1.165, 1.54) is 0 Å². The van der Waals surface area contributed by atoms with Gasteiger partial charge in [-0.15, -0.1) is 0 Å². The third kappa shape index (κ3) is 1.31. The highest BCUT2D eigenvalue weighted by molar-refractivity contribution is 7.16. The van der Waals surface area contributed by atoms with Crippen LogP contribution in [0.2, 0.25) is 0 Å². The normalized spacial score (nSPS) is 11.0. The third-order valence-corrected chi connectivity index (χ3v) is 3.12. The summed E-state index contributed by atoms with van der Waals surface area (Å²) in [5, 5.41) is 6.67. The minimum absolute atomic E-state index is 0.310. The van der Waals surface area contributed by atoms with Gasteiger partial charge in [0.05, 0.1) is 10.4 Å². The Morgan fingerprint density at radius 2 is 2.31 bits per heavy atom. The molecule has 0 fully saturated rings. The summed E-state index contributed by atoms with van der Waals surface area (Å²) in [6, 6.07) is 7.19. The van der Waals surface area contributed by atoms with Gasteiger partial charge in [0.25, 0.3) is 0 Å². The Balaban J connectivity index is 2.34. The molecule has 2 aromatic heterocycles. The number of nitrogen functional groups attached to an aromatic ring is 1. The van der Waals surface area contributed by atoms with Crippen molar-refractivity contribution >= 4 is 27.4 Å². The second-order valence-electron chi connectivity index (χ2n) is 3.29. The lowest BCUT2D eigenvalue weighted by Crippen LogP contribution is -1.81. The van der Waals surface area contributed by atoms with Gasteiger partial charge in [-0.2, -0.15) is 5.10 Å². The molecule has 0 radical (unpaired) electrons. The summed E-state index contributed by atoms with van der Waals surface area (Å²) in [5.41, 5.74) is 7.78. The molecule has 3 N–H and O–H groups in total. The molecule has 0 saturated carbocycles. The van der Waals surface area contributed by atoms with E-state index in [9.17, 15) is 4.79 Å². The summed E-state index contributed by atoms with van der Waals surface area (Å²) >= 11 is 1.07. The van der Waals surface area contributed by atoms with E-state index in [0.717, 1.165) is 27.3 Å². The van der Waals surface area contributed by atoms with Crippen LogP contribution >= 0.6 is 11.3 Å². The van der Waals surface area contributed by atoms with Crippen LogP contribution in [0.25, 0.3) is 21.5 Å². The van der Waals surface area contributed by atoms with Crippen LogP contribution in [0, 0.1) is 0 Å². The van der Waals surface area contributed by atoms with Crippen molar-refractivity contribution in [3.63, 3.8) is 0 Å². The van der Waals surface area contributed by atoms with Gasteiger partial charge >= 0.3 is 4.94 Å². The van der Waals surface area contributed by atoms with E-state index in [-0.39, 0.29) is 4.94 Å². The number of aromatic amines is 1. The number of nitrogens with zero attached hydrogens (tertiary/aromatic N) is 1. The van der Waals surface area contributed by atoms with Crippen molar-refractivity contribution < 1.29 is 4.42 Å². The van der Waals surface area contributed by atoms with Crippen molar-refractivity contribution in [1.29, 1.82) is 0 Å². The molecule has 80 valence electrons. The standard InChI is InChI=1S/C10H7N3O2S/c11-8-4-6(12-13-8)5-2-1-3-7-9(5)16-10(14)15-7/h1-4H,(H3,11,12,13). The topological polar surface area (TPSA) is 84.9 Å². The highest BCUT2D eigenvalue weighted by Gasteiger charge is 2.10. The SMILES string of the molecule is Nc1cc(-c2cccc3oc(=O)sc23)[nH]n1. The van der Waals surface area contributed by atoms with Crippen LogP contribution in [-0.2, 0) is 0 Å². The Morgan fingerprint density at radius 1 is 1.44 bits per heavy atom. The second-order valence-corrected chi connectivity index (χ2v) is 4.24. The molecular weight excluding hydrogens is 226 g/mol. The Hall–Kier alpha value is -2.08. The maximum atomic E-state index is 11.2. The largest absolute Gasteiger partial charge is 0.414 e. The molecule has 0 amide bonds. The fraction of sp³-hybridized carbons (Fsp3) is 0. The van der Waals surface area contributed by atoms with Gasteiger partial charge in [0.1, 0.15) is 11.4 Å². The average Bonchev–Trinajstić information content (AvgIpc) is 2.82. The summed E-state index contributed by atoms with van der Waals surface area (Å²) in [4.78, 5) is 10.9. The van der Waals surface area contributed by atoms with E-state index in [0.29, 0.717) is 11.4 Å². The van der Waals surface area contributed by atoms with Crippen LogP contribution in [0.4, 0.5) is 5.82 Å². The van der Waals surface area contributed by atoms with E-state index >= 15 is 0 Å². The molecule has 16 heavy (non-hydrogen) atoms. The first-order valence-corrected chi connectivity index (χ1v) is 5.39. The highest BCUT2D eigenvalue weighted by Crippen LogP contribution is 2.29. The first-order valence-electron chi connectivity index (χ1n) is 4.58. The molecule has 0 aliphatic carbocycles. The number of benzene rings is 1. The monoisotopic (exact) mass is 233 g/mol. The number of nitrogens with two attached hydrogens (primary N) is 1. The van der Waals surface area contributed by atoms with Crippen LogP contribution in [0.15, 0.2) is 33.5 Å². The zero-order valence-electron chi connectivity index (χ0n) is 8.06. The predicted octanol–water partition coefficient (Wildman–Crippen LogP) is 1.83. The molecule has 0 bridgehead atoms. The third-order valence-electron chi connectivity index (χ3n) is 2.25. The second kappa shape index (κ2) is 3.21. The van der Waals surface area contributed by atoms with Crippen molar-refractivity contribution in [2.75, 3.05) is 5.73 Å². The molecule has 0 aliphatic rings. The minimum Gasteiger partial charge on any atom is -0.414 e. The summed E-state index contributed by atoms with van der Waals surface area (Å²) < 4.78 is 5.84. The van der Waals surface area contributed by atoms with E-state index < -0.39 is 0 Å². The van der Waals surface area contributed by atoms with Crippen molar-refractivity contribution in [3.05, 3.63) is 34.0 Å². The molecular formula is C10H7N3O2S. The average molecular weight is 233 g/mol. The molecule has 0 spiro atoms. The van der Waals surface area contributed by atoms with Gasteiger partial charge < -0.3 is 10.2 Å². The van der Waals surface area contributed by atoms with Crippen LogP contribution in [0.1, 0.15) is 0 Å². The number of hydrogen-bond acceptors (Lipinski definition) is 5. The van der Waals surface area contributed by atoms with Crippen LogP contribution in [0.3, 0.4) is 0 Å². The van der Waals surface area contributed by atoms with E-state index in [4.69, 9.17) is 10.2 Å². The number of hydrogen-bond donors (Lipinski definition) is 2. The molecule has 6 heteroatoms. The first-order chi connectivity index (χ1) is 7.74. The van der Waals surface area contributed by atoms with Gasteiger partial charge in [0, 0.05) is 11.6 Å². The van der Waals surface area contributed by atoms with Gasteiger partial charge in [-0.3, -0.25) is 5.10 Å². The van der Waals surface area contributed by atoms with E-state index in [2.05, 4.69) is 10.2 Å². The molecule has 0 saturated heterocycles. The van der Waals surface area contributed by atoms with Gasteiger partial charge in [0.15, 0.2) is 0 Å². The van der Waals surface area contributed by atoms with Crippen LogP contribution < -0.4 is 10.7 Å². The zero-order chi connectivity index (χ0) is 11.1. The molecule has 5 nitrogen and oxygen atoms in total. The lowest BCUT2D eigenvalue weighted by atomic mass is 10.1. The molecule has 3 rings (SSSR count). The summed E-state index contributed by atoms with van der Waals surface area (Å²) in [6.45, 7) is 0. The van der Waals surface area contributed by atoms with Crippen molar-refractivity contribution in [2.45, 2.75) is 0 Å². The summed E-state index contributed by atoms with van der Waals surface area (Å²) in [5.74, 6) is 0.419. The maximum Gasteiger partial charge on any atom is 0.396 e. The fourth-order valence-corrected chi connectivity index (χ4v) is 2.38. The van der Waals surface area contributed by atoms with Crippen molar-refractivity contribution in [3.8, 4) is 11.3 Å². The summed E-state index contributed by atoms with van der Waals surface area (Å²) in [6.07, 6.45) is 0. The number of aromatic nitrogens is 2. The minimum atomic E-state index is -0.310. The summed E-state index contributed by atoms with van der Waals surface area (Å²) in [7, 11) is 0. The molecule has 3 aromatic rings. The molecule has 2 heterocycles. The number of H-pyrrole nitrogens is 1. The molecule has 1 aromatic carbocycles. The van der Waals surface area contributed by atoms with Gasteiger partial charge in [-0.05, 0) is 6.07 Å². The number of nitrogens with one attached hydrogen (secondary N) is 1. The molecule has 0 aliphatic heterocycles. The Bertz CT molecular complexity index is 710. The molecule has 0 unspecified atom stereocenters. The number of rotatable bonds is 1. The van der Waals surface area contributed by atoms with Crippen LogP contribution in [-0.4, -0.2) is 10.2 Å². The maximum absolute atomic E-state index is 11.2. The van der Waals surface area contributed by atoms with E-state index in [1.54, 1.807) is 12.1 Å². The first kappa shape index (κ1) is 9.17. The van der Waals surface area contributed by atoms with Gasteiger partial charge in [-0.25, -0.2) is 4.79 Å². The van der Waals surface area contributed by atoms with Crippen LogP contribution in [0.5, 0.6) is 0 Å². The quantitative estimate of drug-likeness (QED) is 0.671. The number of anilines is 1. The van der Waals surface area contributed by atoms with E-state index in [1.807, 2.05) is 12.1 Å².